The predicted molar refractivity (Wildman–Crippen MR) is 114 cm³/mol. The van der Waals surface area contributed by atoms with Crippen molar-refractivity contribution in [1.82, 2.24) is 0 Å². The number of hydrogen-bond donors (Lipinski definition) is 1. The first-order valence-electron chi connectivity index (χ1n) is 8.16. The fourth-order valence-electron chi connectivity index (χ4n) is 2.71. The summed E-state index contributed by atoms with van der Waals surface area (Å²) >= 11 is 3.33. The molecule has 2 aromatic carbocycles. The van der Waals surface area contributed by atoms with Crippen molar-refractivity contribution in [3.63, 3.8) is 0 Å². The molecule has 27 heavy (non-hydrogen) atoms. The molecule has 3 amide bonds. The summed E-state index contributed by atoms with van der Waals surface area (Å²) in [4.78, 5) is 38.3. The van der Waals surface area contributed by atoms with E-state index >= 15 is 0 Å². The average Bonchev–Trinajstić information content (AvgIpc) is 2.95. The van der Waals surface area contributed by atoms with E-state index in [1.54, 1.807) is 30.3 Å². The number of carbonyl (C=O) groups is 3. The van der Waals surface area contributed by atoms with Crippen LogP contribution in [0.5, 0.6) is 5.75 Å². The molecular formula is C19H17IN2O4S. The van der Waals surface area contributed by atoms with Crippen molar-refractivity contribution in [1.29, 1.82) is 0 Å². The zero-order chi connectivity index (χ0) is 19.4. The Balaban J connectivity index is 1.60. The normalized spacial score (nSPS) is 16.5. The number of anilines is 2. The Bertz CT molecular complexity index is 872. The predicted octanol–water partition coefficient (Wildman–Crippen LogP) is 3.30. The molecule has 0 saturated carbocycles. The van der Waals surface area contributed by atoms with Crippen LogP contribution in [0.25, 0.3) is 0 Å². The van der Waals surface area contributed by atoms with Gasteiger partial charge in [0.15, 0.2) is 0 Å². The van der Waals surface area contributed by atoms with E-state index < -0.39 is 5.25 Å². The molecular weight excluding hydrogens is 479 g/mol. The maximum absolute atomic E-state index is 12.6. The molecule has 1 aliphatic heterocycles. The lowest BCUT2D eigenvalue weighted by molar-refractivity contribution is -0.121. The van der Waals surface area contributed by atoms with E-state index in [1.165, 1.54) is 23.8 Å². The molecule has 1 saturated heterocycles. The number of rotatable bonds is 6. The molecule has 1 N–H and O–H groups in total. The molecule has 0 aromatic heterocycles. The fraction of sp³-hybridized carbons (Fsp3) is 0.211. The third-order valence-electron chi connectivity index (χ3n) is 3.99. The molecule has 8 heteroatoms. The van der Waals surface area contributed by atoms with Crippen LogP contribution >= 0.6 is 34.4 Å². The van der Waals surface area contributed by atoms with Gasteiger partial charge in [0.1, 0.15) is 5.75 Å². The highest BCUT2D eigenvalue weighted by Gasteiger charge is 2.40. The second kappa shape index (κ2) is 8.75. The van der Waals surface area contributed by atoms with Gasteiger partial charge in [-0.2, -0.15) is 0 Å². The molecule has 1 fully saturated rings. The zero-order valence-corrected chi connectivity index (χ0v) is 17.5. The van der Waals surface area contributed by atoms with Gasteiger partial charge in [-0.1, -0.05) is 12.1 Å². The minimum absolute atomic E-state index is 0.0717. The largest absolute Gasteiger partial charge is 0.495 e. The van der Waals surface area contributed by atoms with Gasteiger partial charge in [0.25, 0.3) is 0 Å². The van der Waals surface area contributed by atoms with E-state index in [0.717, 1.165) is 3.57 Å². The van der Waals surface area contributed by atoms with Crippen LogP contribution in [0.1, 0.15) is 6.42 Å². The molecule has 0 spiro atoms. The van der Waals surface area contributed by atoms with Gasteiger partial charge >= 0.3 is 0 Å². The van der Waals surface area contributed by atoms with Gasteiger partial charge in [-0.05, 0) is 59.0 Å². The van der Waals surface area contributed by atoms with E-state index in [4.69, 9.17) is 4.74 Å². The van der Waals surface area contributed by atoms with Crippen LogP contribution < -0.4 is 15.0 Å². The number of nitrogens with one attached hydrogen (secondary N) is 1. The Morgan fingerprint density at radius 1 is 1.22 bits per heavy atom. The summed E-state index contributed by atoms with van der Waals surface area (Å²) in [5, 5.41) is 2.21. The van der Waals surface area contributed by atoms with Crippen molar-refractivity contribution in [2.45, 2.75) is 11.7 Å². The Labute approximate surface area is 174 Å². The molecule has 140 valence electrons. The highest BCUT2D eigenvalue weighted by molar-refractivity contribution is 14.1. The first kappa shape index (κ1) is 19.7. The van der Waals surface area contributed by atoms with Crippen LogP contribution in [-0.4, -0.2) is 35.8 Å². The number of imide groups is 1. The van der Waals surface area contributed by atoms with Crippen LogP contribution in [0, 0.1) is 3.57 Å². The van der Waals surface area contributed by atoms with Crippen molar-refractivity contribution in [3.8, 4) is 5.75 Å². The van der Waals surface area contributed by atoms with Gasteiger partial charge in [0, 0.05) is 9.99 Å². The van der Waals surface area contributed by atoms with Crippen molar-refractivity contribution in [3.05, 3.63) is 52.1 Å². The lowest BCUT2D eigenvalue weighted by atomic mass is 10.3. The summed E-state index contributed by atoms with van der Waals surface area (Å²) in [6.45, 7) is 0. The van der Waals surface area contributed by atoms with Gasteiger partial charge < -0.3 is 10.1 Å². The number of nitrogens with zero attached hydrogens (tertiary/aromatic N) is 1. The number of methoxy groups -OCH3 is 1. The molecule has 1 aliphatic rings. The smallest absolute Gasteiger partial charge is 0.247 e. The number of amides is 3. The van der Waals surface area contributed by atoms with Crippen LogP contribution in [0.4, 0.5) is 11.4 Å². The van der Waals surface area contributed by atoms with Crippen molar-refractivity contribution in [2.75, 3.05) is 23.1 Å². The lowest BCUT2D eigenvalue weighted by Crippen LogP contribution is -2.31. The number of benzene rings is 2. The zero-order valence-electron chi connectivity index (χ0n) is 14.5. The molecule has 6 nitrogen and oxygen atoms in total. The summed E-state index contributed by atoms with van der Waals surface area (Å²) in [6, 6.07) is 14.3. The second-order valence-electron chi connectivity index (χ2n) is 5.80. The van der Waals surface area contributed by atoms with Gasteiger partial charge in [0.2, 0.25) is 17.7 Å². The van der Waals surface area contributed by atoms with E-state index in [-0.39, 0.29) is 29.9 Å². The van der Waals surface area contributed by atoms with Crippen molar-refractivity contribution in [2.24, 2.45) is 0 Å². The second-order valence-corrected chi connectivity index (χ2v) is 8.23. The number of halogens is 1. The summed E-state index contributed by atoms with van der Waals surface area (Å²) in [6.07, 6.45) is 0.0947. The van der Waals surface area contributed by atoms with E-state index in [1.807, 2.05) is 18.2 Å². The van der Waals surface area contributed by atoms with Crippen LogP contribution in [-0.2, 0) is 14.4 Å². The topological polar surface area (TPSA) is 75.7 Å². The third-order valence-corrected chi connectivity index (χ3v) is 5.91. The third kappa shape index (κ3) is 4.62. The Morgan fingerprint density at radius 2 is 1.93 bits per heavy atom. The summed E-state index contributed by atoms with van der Waals surface area (Å²) in [7, 11) is 1.53. The van der Waals surface area contributed by atoms with Crippen molar-refractivity contribution < 1.29 is 19.1 Å². The van der Waals surface area contributed by atoms with Crippen molar-refractivity contribution >= 4 is 63.4 Å². The SMILES string of the molecule is COc1ccccc1NC(=O)CS[C@H]1CC(=O)N(c2ccc(I)cc2)C1=O. The number of hydrogen-bond acceptors (Lipinski definition) is 5. The van der Waals surface area contributed by atoms with Crippen LogP contribution in [0.3, 0.4) is 0 Å². The molecule has 3 rings (SSSR count). The molecule has 2 aromatic rings. The Hall–Kier alpha value is -2.07. The number of carbonyl (C=O) groups excluding carboxylic acids is 3. The summed E-state index contributed by atoms with van der Waals surface area (Å²) < 4.78 is 6.22. The number of ether oxygens (including phenoxy) is 1. The minimum Gasteiger partial charge on any atom is -0.495 e. The van der Waals surface area contributed by atoms with Crippen LogP contribution in [0.15, 0.2) is 48.5 Å². The molecule has 0 unspecified atom stereocenters. The number of para-hydroxylation sites is 2. The Morgan fingerprint density at radius 3 is 2.63 bits per heavy atom. The van der Waals surface area contributed by atoms with Gasteiger partial charge in [-0.3, -0.25) is 14.4 Å². The molecule has 0 bridgehead atoms. The van der Waals surface area contributed by atoms with E-state index in [0.29, 0.717) is 17.1 Å². The maximum atomic E-state index is 12.6. The Kier molecular flexibility index (Phi) is 6.38. The average molecular weight is 496 g/mol. The van der Waals surface area contributed by atoms with Gasteiger partial charge in [-0.25, -0.2) is 4.90 Å². The highest BCUT2D eigenvalue weighted by Crippen LogP contribution is 2.30. The van der Waals surface area contributed by atoms with Crippen LogP contribution in [0.2, 0.25) is 0 Å². The van der Waals surface area contributed by atoms with Gasteiger partial charge in [-0.15, -0.1) is 11.8 Å². The monoisotopic (exact) mass is 496 g/mol. The number of thioether (sulfide) groups is 1. The first-order chi connectivity index (χ1) is 13.0. The quantitative estimate of drug-likeness (QED) is 0.491. The maximum Gasteiger partial charge on any atom is 0.247 e. The summed E-state index contributed by atoms with van der Waals surface area (Å²) in [5.41, 5.74) is 1.13. The van der Waals surface area contributed by atoms with E-state index in [2.05, 4.69) is 27.9 Å². The molecule has 0 radical (unpaired) electrons. The minimum atomic E-state index is -0.555. The molecule has 0 aliphatic carbocycles. The molecule has 1 atom stereocenters. The fourth-order valence-corrected chi connectivity index (χ4v) is 4.00. The highest BCUT2D eigenvalue weighted by atomic mass is 127. The molecule has 1 heterocycles. The first-order valence-corrected chi connectivity index (χ1v) is 10.3. The summed E-state index contributed by atoms with van der Waals surface area (Å²) in [5.74, 6) is -0.145. The van der Waals surface area contributed by atoms with Gasteiger partial charge in [0.05, 0.1) is 29.5 Å². The van der Waals surface area contributed by atoms with E-state index in [9.17, 15) is 14.4 Å². The standard InChI is InChI=1S/C19H17IN2O4S/c1-26-15-5-3-2-4-14(15)21-17(23)11-27-16-10-18(24)22(19(16)25)13-8-6-12(20)7-9-13/h2-9,16H,10-11H2,1H3,(H,21,23)/t16-/m0/s1. The lowest BCUT2D eigenvalue weighted by Gasteiger charge is -2.15.